The van der Waals surface area contributed by atoms with Crippen LogP contribution in [0.25, 0.3) is 0 Å². The molecule has 0 unspecified atom stereocenters. The van der Waals surface area contributed by atoms with Gasteiger partial charge in [-0.1, -0.05) is 0 Å². The zero-order valence-corrected chi connectivity index (χ0v) is 8.85. The Labute approximate surface area is 87.9 Å². The zero-order valence-electron chi connectivity index (χ0n) is 7.27. The molecule has 2 aromatic rings. The summed E-state index contributed by atoms with van der Waals surface area (Å²) in [5.41, 5.74) is 0.452. The van der Waals surface area contributed by atoms with E-state index in [1.807, 2.05) is 0 Å². The predicted molar refractivity (Wildman–Crippen MR) is 50.8 cm³/mol. The summed E-state index contributed by atoms with van der Waals surface area (Å²) < 4.78 is 7.04. The van der Waals surface area contributed by atoms with E-state index in [2.05, 4.69) is 26.1 Å². The first-order valence-corrected chi connectivity index (χ1v) is 4.60. The normalized spacial score (nSPS) is 10.4. The lowest BCUT2D eigenvalue weighted by molar-refractivity contribution is 0.102. The van der Waals surface area contributed by atoms with Crippen LogP contribution in [-0.4, -0.2) is 20.5 Å². The summed E-state index contributed by atoms with van der Waals surface area (Å²) in [5.74, 6) is 0.0813. The largest absolute Gasteiger partial charge is 0.457 e. The van der Waals surface area contributed by atoms with Crippen LogP contribution in [0.15, 0.2) is 27.7 Å². The maximum absolute atomic E-state index is 11.7. The van der Waals surface area contributed by atoms with E-state index in [1.165, 1.54) is 12.6 Å². The molecule has 0 saturated heterocycles. The highest BCUT2D eigenvalue weighted by Gasteiger charge is 2.16. The minimum atomic E-state index is -0.209. The summed E-state index contributed by atoms with van der Waals surface area (Å²) in [7, 11) is 1.71. The molecule has 0 amide bonds. The van der Waals surface area contributed by atoms with Crippen molar-refractivity contribution < 1.29 is 9.21 Å². The number of furan rings is 1. The topological polar surface area (TPSA) is 60.9 Å². The number of aromatic nitrogens is 3. The molecule has 5 nitrogen and oxygen atoms in total. The van der Waals surface area contributed by atoms with Gasteiger partial charge in [-0.25, -0.2) is 0 Å². The number of nitrogens with zero attached hydrogens (tertiary/aromatic N) is 3. The molecule has 0 aromatic carbocycles. The molecule has 0 bridgehead atoms. The van der Waals surface area contributed by atoms with Crippen LogP contribution in [0.1, 0.15) is 16.2 Å². The first kappa shape index (κ1) is 9.14. The fraction of sp³-hybridized carbons (Fsp3) is 0.125. The molecule has 0 N–H and O–H groups in total. The highest BCUT2D eigenvalue weighted by Crippen LogP contribution is 2.16. The van der Waals surface area contributed by atoms with Crippen LogP contribution in [0, 0.1) is 0 Å². The Balaban J connectivity index is 2.38. The second-order valence-corrected chi connectivity index (χ2v) is 3.52. The maximum Gasteiger partial charge on any atom is 0.233 e. The Kier molecular flexibility index (Phi) is 2.20. The summed E-state index contributed by atoms with van der Waals surface area (Å²) in [6.07, 6.45) is 2.85. The van der Waals surface area contributed by atoms with Gasteiger partial charge < -0.3 is 8.98 Å². The third-order valence-corrected chi connectivity index (χ3v) is 2.16. The lowest BCUT2D eigenvalue weighted by atomic mass is 10.2. The first-order chi connectivity index (χ1) is 6.68. The van der Waals surface area contributed by atoms with Gasteiger partial charge in [0.2, 0.25) is 11.6 Å². The van der Waals surface area contributed by atoms with Crippen molar-refractivity contribution in [3.63, 3.8) is 0 Å². The summed E-state index contributed by atoms with van der Waals surface area (Å²) in [6.45, 7) is 0. The molecule has 0 fully saturated rings. The molecule has 6 heteroatoms. The number of hydrogen-bond acceptors (Lipinski definition) is 4. The Morgan fingerprint density at radius 1 is 1.64 bits per heavy atom. The van der Waals surface area contributed by atoms with Crippen molar-refractivity contribution in [1.29, 1.82) is 0 Å². The van der Waals surface area contributed by atoms with Crippen molar-refractivity contribution in [2.24, 2.45) is 7.05 Å². The van der Waals surface area contributed by atoms with Gasteiger partial charge >= 0.3 is 0 Å². The van der Waals surface area contributed by atoms with Crippen LogP contribution in [0.5, 0.6) is 0 Å². The SMILES string of the molecule is Cn1cnnc1C(=O)c1coc(Br)c1. The molecule has 0 saturated carbocycles. The lowest BCUT2D eigenvalue weighted by Crippen LogP contribution is -2.07. The molecule has 0 atom stereocenters. The quantitative estimate of drug-likeness (QED) is 0.762. The van der Waals surface area contributed by atoms with Crippen LogP contribution in [0.2, 0.25) is 0 Å². The Hall–Kier alpha value is -1.43. The van der Waals surface area contributed by atoms with Gasteiger partial charge in [0, 0.05) is 13.1 Å². The molecule has 2 heterocycles. The van der Waals surface area contributed by atoms with Gasteiger partial charge in [-0.3, -0.25) is 4.79 Å². The van der Waals surface area contributed by atoms with Crippen LogP contribution in [-0.2, 0) is 7.05 Å². The molecule has 14 heavy (non-hydrogen) atoms. The van der Waals surface area contributed by atoms with Gasteiger partial charge in [-0.15, -0.1) is 10.2 Å². The highest BCUT2D eigenvalue weighted by molar-refractivity contribution is 9.10. The van der Waals surface area contributed by atoms with E-state index in [0.29, 0.717) is 16.1 Å². The van der Waals surface area contributed by atoms with Crippen LogP contribution < -0.4 is 0 Å². The lowest BCUT2D eigenvalue weighted by Gasteiger charge is -1.94. The van der Waals surface area contributed by atoms with Crippen LogP contribution in [0.3, 0.4) is 0 Å². The Morgan fingerprint density at radius 3 is 2.93 bits per heavy atom. The standard InChI is InChI=1S/C8H6BrN3O2/c1-12-4-10-11-8(12)7(13)5-2-6(9)14-3-5/h2-4H,1H3. The smallest absolute Gasteiger partial charge is 0.233 e. The van der Waals surface area contributed by atoms with Crippen LogP contribution in [0.4, 0.5) is 0 Å². The molecule has 72 valence electrons. The summed E-state index contributed by atoms with van der Waals surface area (Å²) in [4.78, 5) is 11.7. The number of rotatable bonds is 2. The number of aryl methyl sites for hydroxylation is 1. The number of carbonyl (C=O) groups excluding carboxylic acids is 1. The van der Waals surface area contributed by atoms with Gasteiger partial charge in [0.1, 0.15) is 12.6 Å². The Morgan fingerprint density at radius 2 is 2.43 bits per heavy atom. The predicted octanol–water partition coefficient (Wildman–Crippen LogP) is 1.40. The van der Waals surface area contributed by atoms with Gasteiger partial charge in [-0.2, -0.15) is 0 Å². The van der Waals surface area contributed by atoms with Crippen molar-refractivity contribution in [1.82, 2.24) is 14.8 Å². The molecule has 0 radical (unpaired) electrons. The fourth-order valence-corrected chi connectivity index (χ4v) is 1.39. The second kappa shape index (κ2) is 3.38. The number of hydrogen-bond donors (Lipinski definition) is 0. The second-order valence-electron chi connectivity index (χ2n) is 2.73. The van der Waals surface area contributed by atoms with Gasteiger partial charge in [0.15, 0.2) is 4.67 Å². The fourth-order valence-electron chi connectivity index (χ4n) is 1.05. The molecule has 0 aliphatic carbocycles. The summed E-state index contributed by atoms with van der Waals surface area (Å²) in [6, 6.07) is 1.59. The average Bonchev–Trinajstić information content (AvgIpc) is 2.73. The summed E-state index contributed by atoms with van der Waals surface area (Å²) in [5, 5.41) is 7.33. The third kappa shape index (κ3) is 1.48. The van der Waals surface area contributed by atoms with E-state index in [-0.39, 0.29) is 5.78 Å². The van der Waals surface area contributed by atoms with Gasteiger partial charge in [-0.05, 0) is 15.9 Å². The monoisotopic (exact) mass is 255 g/mol. The summed E-state index contributed by atoms with van der Waals surface area (Å²) >= 11 is 3.12. The van der Waals surface area contributed by atoms with Crippen LogP contribution >= 0.6 is 15.9 Å². The van der Waals surface area contributed by atoms with Gasteiger partial charge in [0.05, 0.1) is 5.56 Å². The minimum Gasteiger partial charge on any atom is -0.457 e. The van der Waals surface area contributed by atoms with Crippen molar-refractivity contribution >= 4 is 21.7 Å². The van der Waals surface area contributed by atoms with E-state index in [0.717, 1.165) is 0 Å². The van der Waals surface area contributed by atoms with Crippen molar-refractivity contribution in [2.45, 2.75) is 0 Å². The molecule has 2 rings (SSSR count). The minimum absolute atomic E-state index is 0.209. The third-order valence-electron chi connectivity index (χ3n) is 1.74. The van der Waals surface area contributed by atoms with Crippen molar-refractivity contribution in [3.8, 4) is 0 Å². The van der Waals surface area contributed by atoms with E-state index in [1.54, 1.807) is 17.7 Å². The number of halogens is 1. The molecule has 0 spiro atoms. The van der Waals surface area contributed by atoms with Gasteiger partial charge in [0.25, 0.3) is 0 Å². The van der Waals surface area contributed by atoms with Crippen molar-refractivity contribution in [3.05, 3.63) is 34.7 Å². The average molecular weight is 256 g/mol. The molecular formula is C8H6BrN3O2. The maximum atomic E-state index is 11.7. The first-order valence-electron chi connectivity index (χ1n) is 3.81. The molecule has 2 aromatic heterocycles. The molecule has 0 aliphatic rings. The Bertz CT molecular complexity index is 474. The van der Waals surface area contributed by atoms with E-state index >= 15 is 0 Å². The highest BCUT2D eigenvalue weighted by atomic mass is 79.9. The van der Waals surface area contributed by atoms with E-state index < -0.39 is 0 Å². The van der Waals surface area contributed by atoms with E-state index in [9.17, 15) is 4.79 Å². The van der Waals surface area contributed by atoms with Crippen molar-refractivity contribution in [2.75, 3.05) is 0 Å². The molecular weight excluding hydrogens is 250 g/mol. The molecule has 0 aliphatic heterocycles. The van der Waals surface area contributed by atoms with E-state index in [4.69, 9.17) is 4.42 Å². The zero-order chi connectivity index (χ0) is 10.1. The number of carbonyl (C=O) groups is 1. The number of ketones is 1.